The fourth-order valence-electron chi connectivity index (χ4n) is 3.52. The third-order valence-corrected chi connectivity index (χ3v) is 5.32. The molecule has 1 aromatic heterocycles. The minimum absolute atomic E-state index is 0.412. The number of benzene rings is 2. The normalized spacial score (nSPS) is 11.1. The molecule has 2 aromatic carbocycles. The molecule has 0 aliphatic rings. The Morgan fingerprint density at radius 3 is 2.56 bits per heavy atom. The summed E-state index contributed by atoms with van der Waals surface area (Å²) in [6.07, 6.45) is 5.48. The Kier molecular flexibility index (Phi) is 8.90. The number of aromatic amines is 1. The van der Waals surface area contributed by atoms with Crippen molar-refractivity contribution in [3.63, 3.8) is 0 Å². The summed E-state index contributed by atoms with van der Waals surface area (Å²) < 4.78 is 11.9. The first-order valence-electron chi connectivity index (χ1n) is 11.5. The van der Waals surface area contributed by atoms with Crippen LogP contribution in [0.1, 0.15) is 57.6 Å². The van der Waals surface area contributed by atoms with Gasteiger partial charge in [0.25, 0.3) is 0 Å². The van der Waals surface area contributed by atoms with E-state index >= 15 is 0 Å². The van der Waals surface area contributed by atoms with Gasteiger partial charge < -0.3 is 14.6 Å². The molecule has 1 heterocycles. The number of nitrogens with zero attached hydrogens (tertiary/aromatic N) is 3. The zero-order valence-corrected chi connectivity index (χ0v) is 19.3. The molecule has 0 amide bonds. The summed E-state index contributed by atoms with van der Waals surface area (Å²) in [4.78, 5) is 0. The second kappa shape index (κ2) is 12.1. The van der Waals surface area contributed by atoms with Gasteiger partial charge >= 0.3 is 0 Å². The molecule has 0 bridgehead atoms. The lowest BCUT2D eigenvalue weighted by Crippen LogP contribution is -2.05. The molecule has 0 unspecified atom stereocenters. The van der Waals surface area contributed by atoms with Crippen molar-refractivity contribution in [2.45, 2.75) is 59.3 Å². The number of phenols is 1. The van der Waals surface area contributed by atoms with Crippen molar-refractivity contribution < 1.29 is 14.6 Å². The van der Waals surface area contributed by atoms with E-state index in [0.717, 1.165) is 66.7 Å². The highest BCUT2D eigenvalue weighted by Gasteiger charge is 2.13. The van der Waals surface area contributed by atoms with Crippen molar-refractivity contribution >= 4 is 0 Å². The molecule has 0 atom stereocenters. The number of ether oxygens (including phenoxy) is 2. The highest BCUT2D eigenvalue weighted by molar-refractivity contribution is 5.56. The van der Waals surface area contributed by atoms with Gasteiger partial charge in [0, 0.05) is 11.1 Å². The number of tetrazole rings is 1. The molecule has 0 radical (unpaired) electrons. The Balaban J connectivity index is 1.46. The standard InChI is InChI=1S/C25H34N4O3/c1-4-8-22-23(14-13-19(24(22)30)12-11-18(2)3)32-16-6-5-15-31-21-10-7-9-20(17-21)25-26-28-29-27-25/h7,9-10,13-14,17-18,30H,4-6,8,11-12,15-16H2,1-3H3,(H,26,27,28,29). The summed E-state index contributed by atoms with van der Waals surface area (Å²) in [7, 11) is 0. The largest absolute Gasteiger partial charge is 0.507 e. The Labute approximate surface area is 190 Å². The van der Waals surface area contributed by atoms with Crippen LogP contribution in [0.15, 0.2) is 36.4 Å². The Morgan fingerprint density at radius 2 is 1.84 bits per heavy atom. The second-order valence-electron chi connectivity index (χ2n) is 8.40. The van der Waals surface area contributed by atoms with Gasteiger partial charge in [0.15, 0.2) is 0 Å². The predicted molar refractivity (Wildman–Crippen MR) is 125 cm³/mol. The van der Waals surface area contributed by atoms with Crippen molar-refractivity contribution in [3.8, 4) is 28.6 Å². The number of nitrogens with one attached hydrogen (secondary N) is 1. The number of hydrogen-bond donors (Lipinski definition) is 2. The molecule has 3 aromatic rings. The zero-order valence-electron chi connectivity index (χ0n) is 19.3. The molecule has 3 rings (SSSR count). The molecular weight excluding hydrogens is 404 g/mol. The number of phenolic OH excluding ortho intramolecular Hbond substituents is 1. The SMILES string of the molecule is CCCc1c(OCCCCOc2cccc(-c3nn[nH]n3)c2)ccc(CCC(C)C)c1O. The maximum absolute atomic E-state index is 10.8. The topological polar surface area (TPSA) is 93.2 Å². The van der Waals surface area contributed by atoms with E-state index in [1.165, 1.54) is 0 Å². The van der Waals surface area contributed by atoms with Crippen molar-refractivity contribution in [1.29, 1.82) is 0 Å². The van der Waals surface area contributed by atoms with E-state index in [-0.39, 0.29) is 0 Å². The van der Waals surface area contributed by atoms with E-state index in [4.69, 9.17) is 9.47 Å². The van der Waals surface area contributed by atoms with E-state index in [1.807, 2.05) is 36.4 Å². The molecule has 172 valence electrons. The monoisotopic (exact) mass is 438 g/mol. The van der Waals surface area contributed by atoms with Crippen LogP contribution >= 0.6 is 0 Å². The van der Waals surface area contributed by atoms with Crippen LogP contribution < -0.4 is 9.47 Å². The van der Waals surface area contributed by atoms with E-state index in [1.54, 1.807) is 0 Å². The van der Waals surface area contributed by atoms with Crippen LogP contribution in [0.2, 0.25) is 0 Å². The first-order chi connectivity index (χ1) is 15.6. The lowest BCUT2D eigenvalue weighted by Gasteiger charge is -2.16. The van der Waals surface area contributed by atoms with Gasteiger partial charge in [-0.05, 0) is 67.0 Å². The summed E-state index contributed by atoms with van der Waals surface area (Å²) in [6, 6.07) is 11.7. The third kappa shape index (κ3) is 6.70. The van der Waals surface area contributed by atoms with Crippen LogP contribution in [0.25, 0.3) is 11.4 Å². The number of aryl methyl sites for hydroxylation is 1. The zero-order chi connectivity index (χ0) is 22.8. The molecule has 0 fully saturated rings. The molecule has 7 nitrogen and oxygen atoms in total. The number of H-pyrrole nitrogens is 1. The van der Waals surface area contributed by atoms with Crippen molar-refractivity contribution in [2.75, 3.05) is 13.2 Å². The van der Waals surface area contributed by atoms with Gasteiger partial charge in [0.2, 0.25) is 5.82 Å². The lowest BCUT2D eigenvalue weighted by molar-refractivity contribution is 0.264. The van der Waals surface area contributed by atoms with E-state index in [0.29, 0.717) is 30.7 Å². The Hall–Kier alpha value is -3.09. The maximum Gasteiger partial charge on any atom is 0.204 e. The predicted octanol–water partition coefficient (Wildman–Crippen LogP) is 5.35. The summed E-state index contributed by atoms with van der Waals surface area (Å²) in [6.45, 7) is 7.72. The Bertz CT molecular complexity index is 958. The fourth-order valence-corrected chi connectivity index (χ4v) is 3.52. The lowest BCUT2D eigenvalue weighted by atomic mass is 9.97. The number of aromatic nitrogens is 4. The molecule has 0 saturated heterocycles. The molecular formula is C25H34N4O3. The minimum Gasteiger partial charge on any atom is -0.507 e. The van der Waals surface area contributed by atoms with E-state index < -0.39 is 0 Å². The molecule has 0 aliphatic carbocycles. The van der Waals surface area contributed by atoms with Crippen LogP contribution in [0.5, 0.6) is 17.2 Å². The highest BCUT2D eigenvalue weighted by atomic mass is 16.5. The number of rotatable bonds is 13. The van der Waals surface area contributed by atoms with Gasteiger partial charge in [-0.1, -0.05) is 45.4 Å². The maximum atomic E-state index is 10.8. The number of hydrogen-bond acceptors (Lipinski definition) is 6. The van der Waals surface area contributed by atoms with Crippen molar-refractivity contribution in [3.05, 3.63) is 47.5 Å². The minimum atomic E-state index is 0.412. The van der Waals surface area contributed by atoms with E-state index in [2.05, 4.69) is 41.4 Å². The molecule has 32 heavy (non-hydrogen) atoms. The number of unbranched alkanes of at least 4 members (excludes halogenated alkanes) is 1. The van der Waals surface area contributed by atoms with Crippen LogP contribution in [0.3, 0.4) is 0 Å². The fraction of sp³-hybridized carbons (Fsp3) is 0.480. The highest BCUT2D eigenvalue weighted by Crippen LogP contribution is 2.34. The van der Waals surface area contributed by atoms with Gasteiger partial charge in [-0.2, -0.15) is 5.21 Å². The molecule has 2 N–H and O–H groups in total. The van der Waals surface area contributed by atoms with Gasteiger partial charge in [-0.3, -0.25) is 0 Å². The van der Waals surface area contributed by atoms with Crippen molar-refractivity contribution in [2.24, 2.45) is 5.92 Å². The van der Waals surface area contributed by atoms with Crippen molar-refractivity contribution in [1.82, 2.24) is 20.6 Å². The molecule has 0 aliphatic heterocycles. The summed E-state index contributed by atoms with van der Waals surface area (Å²) in [5.41, 5.74) is 2.81. The number of aromatic hydroxyl groups is 1. The van der Waals surface area contributed by atoms with E-state index in [9.17, 15) is 5.11 Å². The van der Waals surface area contributed by atoms with Crippen LogP contribution in [-0.2, 0) is 12.8 Å². The van der Waals surface area contributed by atoms with Gasteiger partial charge in [0.05, 0.1) is 13.2 Å². The van der Waals surface area contributed by atoms with Crippen LogP contribution in [-0.4, -0.2) is 38.9 Å². The second-order valence-corrected chi connectivity index (χ2v) is 8.40. The van der Waals surface area contributed by atoms with Crippen LogP contribution in [0, 0.1) is 5.92 Å². The Morgan fingerprint density at radius 1 is 1.03 bits per heavy atom. The summed E-state index contributed by atoms with van der Waals surface area (Å²) in [5.74, 6) is 3.15. The van der Waals surface area contributed by atoms with Gasteiger partial charge in [0.1, 0.15) is 17.2 Å². The van der Waals surface area contributed by atoms with Gasteiger partial charge in [-0.15, -0.1) is 10.2 Å². The summed E-state index contributed by atoms with van der Waals surface area (Å²) in [5, 5.41) is 24.8. The molecule has 0 saturated carbocycles. The average Bonchev–Trinajstić information content (AvgIpc) is 3.33. The third-order valence-electron chi connectivity index (χ3n) is 5.32. The molecule has 7 heteroatoms. The quantitative estimate of drug-likeness (QED) is 0.349. The summed E-state index contributed by atoms with van der Waals surface area (Å²) >= 11 is 0. The first kappa shape index (κ1) is 23.6. The first-order valence-corrected chi connectivity index (χ1v) is 11.5. The molecule has 0 spiro atoms. The average molecular weight is 439 g/mol. The van der Waals surface area contributed by atoms with Crippen LogP contribution in [0.4, 0.5) is 0 Å². The smallest absolute Gasteiger partial charge is 0.204 e. The van der Waals surface area contributed by atoms with Gasteiger partial charge in [-0.25, -0.2) is 0 Å².